The number of carbonyl (C=O) groups excluding carboxylic acids is 2. The molecule has 0 spiro atoms. The van der Waals surface area contributed by atoms with Gasteiger partial charge in [0.15, 0.2) is 0 Å². The number of rotatable bonds is 13. The molecule has 206 valence electrons. The number of alkyl halides is 2. The van der Waals surface area contributed by atoms with Crippen LogP contribution in [0.2, 0.25) is 0 Å². The van der Waals surface area contributed by atoms with Crippen molar-refractivity contribution in [1.29, 1.82) is 0 Å². The number of amides is 2. The molecule has 1 fully saturated rings. The second-order valence-electron chi connectivity index (χ2n) is 9.23. The van der Waals surface area contributed by atoms with E-state index in [4.69, 9.17) is 28.9 Å². The first-order valence-corrected chi connectivity index (χ1v) is 13.6. The molecule has 0 unspecified atom stereocenters. The quantitative estimate of drug-likeness (QED) is 0.319. The number of carboxylic acids is 1. The van der Waals surface area contributed by atoms with Crippen LogP contribution < -0.4 is 16.0 Å². The zero-order valence-corrected chi connectivity index (χ0v) is 22.5. The highest BCUT2D eigenvalue weighted by Crippen LogP contribution is 2.20. The summed E-state index contributed by atoms with van der Waals surface area (Å²) in [5.74, 6) is -2.39. The molecule has 2 aromatic carbocycles. The third-order valence-electron chi connectivity index (χ3n) is 6.53. The standard InChI is InChI=1S/C27H33Cl2FN4O4/c28-10-13-33(14-11-29)21-4-1-3-19(15-21)16-22(31)25(35)34(26(36)23-5-2-12-32-23)24(27(37)38)17-18-6-8-20(30)9-7-18/h1,3-4,6-9,15,22-24,32H,2,5,10-14,16-17,31H2,(H,37,38)/t22-,23-,24-/m0/s1. The van der Waals surface area contributed by atoms with E-state index >= 15 is 0 Å². The molecular weight excluding hydrogens is 534 g/mol. The lowest BCUT2D eigenvalue weighted by Crippen LogP contribution is -2.59. The van der Waals surface area contributed by atoms with Gasteiger partial charge in [0.1, 0.15) is 11.9 Å². The Balaban J connectivity index is 1.87. The zero-order valence-electron chi connectivity index (χ0n) is 21.0. The van der Waals surface area contributed by atoms with Crippen LogP contribution >= 0.6 is 23.2 Å². The highest BCUT2D eigenvalue weighted by Gasteiger charge is 2.40. The number of carbonyl (C=O) groups is 3. The van der Waals surface area contributed by atoms with E-state index in [1.54, 1.807) is 0 Å². The van der Waals surface area contributed by atoms with Gasteiger partial charge in [-0.05, 0) is 61.2 Å². The van der Waals surface area contributed by atoms with Gasteiger partial charge < -0.3 is 21.1 Å². The minimum absolute atomic E-state index is 0.0903. The topological polar surface area (TPSA) is 116 Å². The summed E-state index contributed by atoms with van der Waals surface area (Å²) in [6.45, 7) is 1.76. The molecule has 0 aliphatic carbocycles. The first-order valence-electron chi connectivity index (χ1n) is 12.5. The lowest BCUT2D eigenvalue weighted by Gasteiger charge is -2.31. The van der Waals surface area contributed by atoms with Crippen LogP contribution in [-0.4, -0.2) is 77.3 Å². The van der Waals surface area contributed by atoms with Crippen molar-refractivity contribution in [3.05, 3.63) is 65.5 Å². The Bertz CT molecular complexity index is 1090. The lowest BCUT2D eigenvalue weighted by molar-refractivity contribution is -0.159. The average molecular weight is 567 g/mol. The monoisotopic (exact) mass is 566 g/mol. The van der Waals surface area contributed by atoms with Gasteiger partial charge in [0.25, 0.3) is 0 Å². The van der Waals surface area contributed by atoms with E-state index in [2.05, 4.69) is 5.32 Å². The second-order valence-corrected chi connectivity index (χ2v) is 9.98. The second kappa shape index (κ2) is 14.4. The minimum Gasteiger partial charge on any atom is -0.480 e. The highest BCUT2D eigenvalue weighted by atomic mass is 35.5. The number of anilines is 1. The van der Waals surface area contributed by atoms with E-state index in [9.17, 15) is 23.9 Å². The van der Waals surface area contributed by atoms with Crippen LogP contribution in [0.4, 0.5) is 10.1 Å². The van der Waals surface area contributed by atoms with Crippen molar-refractivity contribution in [2.45, 2.75) is 43.8 Å². The fourth-order valence-electron chi connectivity index (χ4n) is 4.59. The summed E-state index contributed by atoms with van der Waals surface area (Å²) in [5.41, 5.74) is 8.41. The van der Waals surface area contributed by atoms with Crippen LogP contribution in [0.5, 0.6) is 0 Å². The molecule has 2 aromatic rings. The van der Waals surface area contributed by atoms with Crippen LogP contribution in [0, 0.1) is 5.82 Å². The summed E-state index contributed by atoms with van der Waals surface area (Å²) < 4.78 is 13.4. The first-order chi connectivity index (χ1) is 18.2. The molecule has 4 N–H and O–H groups in total. The summed E-state index contributed by atoms with van der Waals surface area (Å²) in [5, 5.41) is 13.1. The van der Waals surface area contributed by atoms with Crippen molar-refractivity contribution >= 4 is 46.7 Å². The largest absolute Gasteiger partial charge is 0.480 e. The third-order valence-corrected chi connectivity index (χ3v) is 6.87. The Morgan fingerprint density at radius 2 is 1.74 bits per heavy atom. The fraction of sp³-hybridized carbons (Fsp3) is 0.444. The molecule has 1 saturated heterocycles. The maximum absolute atomic E-state index is 13.6. The predicted molar refractivity (Wildman–Crippen MR) is 146 cm³/mol. The van der Waals surface area contributed by atoms with Gasteiger partial charge in [0, 0.05) is 37.0 Å². The van der Waals surface area contributed by atoms with Gasteiger partial charge in [-0.15, -0.1) is 23.2 Å². The number of nitrogens with one attached hydrogen (secondary N) is 1. The predicted octanol–water partition coefficient (Wildman–Crippen LogP) is 2.78. The highest BCUT2D eigenvalue weighted by molar-refractivity contribution is 6.18. The molecule has 0 aromatic heterocycles. The van der Waals surface area contributed by atoms with E-state index < -0.39 is 41.7 Å². The average Bonchev–Trinajstić information content (AvgIpc) is 3.44. The number of hydrogen-bond donors (Lipinski definition) is 3. The van der Waals surface area contributed by atoms with E-state index in [1.807, 2.05) is 29.2 Å². The number of halogens is 3. The molecule has 11 heteroatoms. The van der Waals surface area contributed by atoms with Crippen LogP contribution in [0.1, 0.15) is 24.0 Å². The molecule has 1 aliphatic heterocycles. The smallest absolute Gasteiger partial charge is 0.327 e. The molecule has 38 heavy (non-hydrogen) atoms. The number of carboxylic acid groups (broad SMARTS) is 1. The minimum atomic E-state index is -1.50. The molecule has 0 saturated carbocycles. The fourth-order valence-corrected chi connectivity index (χ4v) is 4.99. The van der Waals surface area contributed by atoms with Crippen LogP contribution in [-0.2, 0) is 27.2 Å². The summed E-state index contributed by atoms with van der Waals surface area (Å²) in [4.78, 5) is 42.3. The van der Waals surface area contributed by atoms with Gasteiger partial charge in [-0.3, -0.25) is 14.5 Å². The van der Waals surface area contributed by atoms with Crippen LogP contribution in [0.25, 0.3) is 0 Å². The van der Waals surface area contributed by atoms with Crippen molar-refractivity contribution in [1.82, 2.24) is 10.2 Å². The van der Waals surface area contributed by atoms with E-state index in [0.717, 1.165) is 22.6 Å². The molecule has 0 radical (unpaired) electrons. The Morgan fingerprint density at radius 3 is 2.32 bits per heavy atom. The summed E-state index contributed by atoms with van der Waals surface area (Å²) in [6, 6.07) is 9.37. The normalized spacial score (nSPS) is 16.6. The Hall–Kier alpha value is -2.72. The molecule has 1 aliphatic rings. The van der Waals surface area contributed by atoms with Gasteiger partial charge >= 0.3 is 5.97 Å². The third kappa shape index (κ3) is 7.89. The first kappa shape index (κ1) is 29.8. The van der Waals surface area contributed by atoms with E-state index in [0.29, 0.717) is 43.4 Å². The zero-order chi connectivity index (χ0) is 27.7. The van der Waals surface area contributed by atoms with Crippen LogP contribution in [0.3, 0.4) is 0 Å². The number of imide groups is 1. The molecule has 2 amide bonds. The summed E-state index contributed by atoms with van der Waals surface area (Å²) in [7, 11) is 0. The molecule has 8 nitrogen and oxygen atoms in total. The summed E-state index contributed by atoms with van der Waals surface area (Å²) >= 11 is 11.9. The number of nitrogens with zero attached hydrogens (tertiary/aromatic N) is 2. The summed E-state index contributed by atoms with van der Waals surface area (Å²) in [6.07, 6.45) is 1.13. The van der Waals surface area contributed by atoms with Crippen molar-refractivity contribution < 1.29 is 23.9 Å². The van der Waals surface area contributed by atoms with Gasteiger partial charge in [-0.25, -0.2) is 9.18 Å². The van der Waals surface area contributed by atoms with Crippen molar-refractivity contribution in [3.8, 4) is 0 Å². The van der Waals surface area contributed by atoms with Gasteiger partial charge in [0.2, 0.25) is 11.8 Å². The molecule has 3 rings (SSSR count). The number of benzene rings is 2. The Morgan fingerprint density at radius 1 is 1.05 bits per heavy atom. The molecule has 1 heterocycles. The maximum Gasteiger partial charge on any atom is 0.327 e. The van der Waals surface area contributed by atoms with E-state index in [-0.39, 0.29) is 12.8 Å². The Kier molecular flexibility index (Phi) is 11.3. The van der Waals surface area contributed by atoms with Crippen molar-refractivity contribution in [3.63, 3.8) is 0 Å². The SMILES string of the molecule is N[C@@H](Cc1cccc(N(CCCl)CCCl)c1)C(=O)N(C(=O)[C@@H]1CCCN1)[C@@H](Cc1ccc(F)cc1)C(=O)O. The molecule has 0 bridgehead atoms. The number of hydrogen-bond acceptors (Lipinski definition) is 6. The van der Waals surface area contributed by atoms with Gasteiger partial charge in [-0.1, -0.05) is 24.3 Å². The van der Waals surface area contributed by atoms with Crippen LogP contribution in [0.15, 0.2) is 48.5 Å². The maximum atomic E-state index is 13.6. The number of nitrogens with two attached hydrogens (primary N) is 1. The number of aliphatic carboxylic acids is 1. The molecule has 3 atom stereocenters. The van der Waals surface area contributed by atoms with Crippen molar-refractivity contribution in [2.75, 3.05) is 36.3 Å². The van der Waals surface area contributed by atoms with Crippen molar-refractivity contribution in [2.24, 2.45) is 5.73 Å². The van der Waals surface area contributed by atoms with E-state index in [1.165, 1.54) is 24.3 Å². The Labute approximate surface area is 231 Å². The lowest BCUT2D eigenvalue weighted by atomic mass is 9.99. The molecular formula is C27H33Cl2FN4O4. The van der Waals surface area contributed by atoms with Gasteiger partial charge in [-0.2, -0.15) is 0 Å². The van der Waals surface area contributed by atoms with Gasteiger partial charge in [0.05, 0.1) is 12.1 Å².